The van der Waals surface area contributed by atoms with Crippen LogP contribution >= 0.6 is 11.6 Å². The maximum atomic E-state index is 6.07. The van der Waals surface area contributed by atoms with Crippen LogP contribution in [0.1, 0.15) is 37.7 Å². The molecule has 0 fully saturated rings. The van der Waals surface area contributed by atoms with Crippen LogP contribution in [0.3, 0.4) is 0 Å². The van der Waals surface area contributed by atoms with Gasteiger partial charge in [-0.1, -0.05) is 24.6 Å². The number of aryl methyl sites for hydroxylation is 1. The molecule has 0 aliphatic rings. The van der Waals surface area contributed by atoms with Gasteiger partial charge in [-0.15, -0.1) is 0 Å². The second-order valence-electron chi connectivity index (χ2n) is 4.84. The van der Waals surface area contributed by atoms with Crippen LogP contribution in [0.5, 0.6) is 5.75 Å². The Morgan fingerprint density at radius 3 is 2.86 bits per heavy atom. The molecule has 1 N–H and O–H groups in total. The molecule has 0 spiro atoms. The molecular weight excluding hydrogens is 286 g/mol. The molecule has 0 aliphatic carbocycles. The van der Waals surface area contributed by atoms with Crippen molar-refractivity contribution in [2.45, 2.75) is 32.9 Å². The van der Waals surface area contributed by atoms with Crippen LogP contribution in [0, 0.1) is 0 Å². The van der Waals surface area contributed by atoms with E-state index in [4.69, 9.17) is 16.3 Å². The van der Waals surface area contributed by atoms with E-state index in [0.717, 1.165) is 36.6 Å². The molecule has 2 aromatic rings. The van der Waals surface area contributed by atoms with E-state index in [1.165, 1.54) is 0 Å². The zero-order chi connectivity index (χ0) is 15.2. The summed E-state index contributed by atoms with van der Waals surface area (Å²) in [5.41, 5.74) is 1.05. The Bertz CT molecular complexity index is 583. The molecular formula is C16H22ClN3O. The van der Waals surface area contributed by atoms with Gasteiger partial charge in [0.25, 0.3) is 0 Å². The number of hydrogen-bond acceptors (Lipinski definition) is 3. The first-order valence-corrected chi connectivity index (χ1v) is 7.66. The molecule has 114 valence electrons. The molecule has 2 rings (SSSR count). The third kappa shape index (κ3) is 3.57. The Morgan fingerprint density at radius 2 is 2.19 bits per heavy atom. The van der Waals surface area contributed by atoms with Gasteiger partial charge in [0.15, 0.2) is 0 Å². The van der Waals surface area contributed by atoms with E-state index in [9.17, 15) is 0 Å². The van der Waals surface area contributed by atoms with E-state index in [2.05, 4.69) is 28.7 Å². The summed E-state index contributed by atoms with van der Waals surface area (Å²) in [6.07, 6.45) is 4.89. The Hall–Kier alpha value is -1.52. The minimum absolute atomic E-state index is 0.00730. The predicted octanol–water partition coefficient (Wildman–Crippen LogP) is 3.65. The van der Waals surface area contributed by atoms with Gasteiger partial charge >= 0.3 is 0 Å². The van der Waals surface area contributed by atoms with E-state index >= 15 is 0 Å². The minimum Gasteiger partial charge on any atom is -0.496 e. The van der Waals surface area contributed by atoms with E-state index < -0.39 is 0 Å². The fraction of sp³-hybridized carbons (Fsp3) is 0.438. The summed E-state index contributed by atoms with van der Waals surface area (Å²) in [6.45, 7) is 6.05. The maximum Gasteiger partial charge on any atom is 0.130 e. The van der Waals surface area contributed by atoms with Gasteiger partial charge in [0.1, 0.15) is 11.6 Å². The van der Waals surface area contributed by atoms with Crippen molar-refractivity contribution in [1.82, 2.24) is 14.9 Å². The first-order valence-electron chi connectivity index (χ1n) is 7.29. The second kappa shape index (κ2) is 7.48. The lowest BCUT2D eigenvalue weighted by molar-refractivity contribution is 0.401. The fourth-order valence-electron chi connectivity index (χ4n) is 2.40. The zero-order valence-electron chi connectivity index (χ0n) is 12.8. The molecule has 1 heterocycles. The predicted molar refractivity (Wildman–Crippen MR) is 86.0 cm³/mol. The van der Waals surface area contributed by atoms with Gasteiger partial charge in [0, 0.05) is 29.5 Å². The van der Waals surface area contributed by atoms with E-state index in [1.54, 1.807) is 7.11 Å². The summed E-state index contributed by atoms with van der Waals surface area (Å²) in [5, 5.41) is 4.22. The highest BCUT2D eigenvalue weighted by Gasteiger charge is 2.21. The van der Waals surface area contributed by atoms with Crippen molar-refractivity contribution in [3.63, 3.8) is 0 Å². The highest BCUT2D eigenvalue weighted by atomic mass is 35.5. The molecule has 21 heavy (non-hydrogen) atoms. The van der Waals surface area contributed by atoms with Gasteiger partial charge < -0.3 is 14.6 Å². The molecule has 0 saturated carbocycles. The van der Waals surface area contributed by atoms with Crippen LogP contribution in [-0.2, 0) is 6.54 Å². The van der Waals surface area contributed by atoms with Crippen LogP contribution in [0.2, 0.25) is 5.02 Å². The quantitative estimate of drug-likeness (QED) is 0.848. The van der Waals surface area contributed by atoms with Gasteiger partial charge in [-0.2, -0.15) is 0 Å². The molecule has 1 aromatic carbocycles. The first kappa shape index (κ1) is 15.9. The highest BCUT2D eigenvalue weighted by molar-refractivity contribution is 6.30. The number of benzene rings is 1. The van der Waals surface area contributed by atoms with E-state index in [0.29, 0.717) is 5.02 Å². The molecule has 0 bridgehead atoms. The van der Waals surface area contributed by atoms with Crippen molar-refractivity contribution in [3.8, 4) is 5.75 Å². The van der Waals surface area contributed by atoms with Crippen LogP contribution < -0.4 is 10.1 Å². The van der Waals surface area contributed by atoms with Crippen molar-refractivity contribution in [1.29, 1.82) is 0 Å². The zero-order valence-corrected chi connectivity index (χ0v) is 13.5. The summed E-state index contributed by atoms with van der Waals surface area (Å²) in [7, 11) is 1.67. The lowest BCUT2D eigenvalue weighted by Crippen LogP contribution is -2.26. The summed E-state index contributed by atoms with van der Waals surface area (Å²) >= 11 is 6.07. The van der Waals surface area contributed by atoms with Crippen molar-refractivity contribution in [3.05, 3.63) is 47.0 Å². The third-order valence-corrected chi connectivity index (χ3v) is 3.69. The topological polar surface area (TPSA) is 39.1 Å². The smallest absolute Gasteiger partial charge is 0.130 e. The molecule has 1 aromatic heterocycles. The number of rotatable bonds is 7. The molecule has 0 aliphatic heterocycles. The number of halogens is 1. The van der Waals surface area contributed by atoms with Crippen molar-refractivity contribution >= 4 is 11.6 Å². The van der Waals surface area contributed by atoms with Gasteiger partial charge in [0.05, 0.1) is 13.2 Å². The monoisotopic (exact) mass is 307 g/mol. The number of ether oxygens (including phenoxy) is 1. The number of nitrogens with zero attached hydrogens (tertiary/aromatic N) is 2. The number of methoxy groups -OCH3 is 1. The molecule has 5 heteroatoms. The Morgan fingerprint density at radius 1 is 1.38 bits per heavy atom. The average Bonchev–Trinajstić information content (AvgIpc) is 2.97. The minimum atomic E-state index is -0.00730. The number of hydrogen-bond donors (Lipinski definition) is 1. The molecule has 0 radical (unpaired) electrons. The van der Waals surface area contributed by atoms with Crippen LogP contribution in [0.15, 0.2) is 30.6 Å². The Balaban J connectivity index is 2.45. The Kier molecular flexibility index (Phi) is 5.65. The number of imidazole rings is 1. The van der Waals surface area contributed by atoms with Gasteiger partial charge in [-0.05, 0) is 32.0 Å². The first-order chi connectivity index (χ1) is 10.2. The fourth-order valence-corrected chi connectivity index (χ4v) is 2.56. The highest BCUT2D eigenvalue weighted by Crippen LogP contribution is 2.31. The van der Waals surface area contributed by atoms with Gasteiger partial charge in [-0.25, -0.2) is 4.98 Å². The van der Waals surface area contributed by atoms with Gasteiger partial charge in [-0.3, -0.25) is 0 Å². The van der Waals surface area contributed by atoms with Crippen LogP contribution in [-0.4, -0.2) is 23.2 Å². The summed E-state index contributed by atoms with van der Waals surface area (Å²) in [6, 6.07) is 5.73. The van der Waals surface area contributed by atoms with E-state index in [1.807, 2.05) is 30.6 Å². The molecule has 1 atom stereocenters. The van der Waals surface area contributed by atoms with Crippen molar-refractivity contribution < 1.29 is 4.74 Å². The summed E-state index contributed by atoms with van der Waals surface area (Å²) in [5.74, 6) is 1.77. The number of aromatic nitrogens is 2. The van der Waals surface area contributed by atoms with Crippen LogP contribution in [0.4, 0.5) is 0 Å². The lowest BCUT2D eigenvalue weighted by Gasteiger charge is -2.22. The lowest BCUT2D eigenvalue weighted by atomic mass is 10.0. The molecule has 4 nitrogen and oxygen atoms in total. The molecule has 0 amide bonds. The van der Waals surface area contributed by atoms with Crippen LogP contribution in [0.25, 0.3) is 0 Å². The SMILES string of the molecule is CCCNC(c1ccc(Cl)cc1OC)c1nccn1CC. The van der Waals surface area contributed by atoms with E-state index in [-0.39, 0.29) is 6.04 Å². The number of nitrogens with one attached hydrogen (secondary N) is 1. The summed E-state index contributed by atoms with van der Waals surface area (Å²) < 4.78 is 7.64. The largest absolute Gasteiger partial charge is 0.496 e. The summed E-state index contributed by atoms with van der Waals surface area (Å²) in [4.78, 5) is 4.53. The van der Waals surface area contributed by atoms with Gasteiger partial charge in [0.2, 0.25) is 0 Å². The normalized spacial score (nSPS) is 12.4. The van der Waals surface area contributed by atoms with Crippen molar-refractivity contribution in [2.75, 3.05) is 13.7 Å². The average molecular weight is 308 g/mol. The standard InChI is InChI=1S/C16H22ClN3O/c1-4-8-18-15(16-19-9-10-20(16)5-2)13-7-6-12(17)11-14(13)21-3/h6-7,9-11,15,18H,4-5,8H2,1-3H3. The third-order valence-electron chi connectivity index (χ3n) is 3.45. The Labute approximate surface area is 131 Å². The molecule has 1 unspecified atom stereocenters. The second-order valence-corrected chi connectivity index (χ2v) is 5.28. The molecule has 0 saturated heterocycles. The maximum absolute atomic E-state index is 6.07. The van der Waals surface area contributed by atoms with Crippen molar-refractivity contribution in [2.24, 2.45) is 0 Å².